The van der Waals surface area contributed by atoms with Gasteiger partial charge in [-0.25, -0.2) is 0 Å². The molecule has 0 atom stereocenters. The predicted molar refractivity (Wildman–Crippen MR) is 93.3 cm³/mol. The van der Waals surface area contributed by atoms with Crippen molar-refractivity contribution in [3.8, 4) is 17.2 Å². The van der Waals surface area contributed by atoms with Gasteiger partial charge in [-0.2, -0.15) is 0 Å². The number of hydrogen-bond donors (Lipinski definition) is 1. The highest BCUT2D eigenvalue weighted by Gasteiger charge is 2.12. The van der Waals surface area contributed by atoms with E-state index in [2.05, 4.69) is 23.2 Å². The van der Waals surface area contributed by atoms with E-state index in [-0.39, 0.29) is 0 Å². The van der Waals surface area contributed by atoms with Crippen LogP contribution in [0.15, 0.2) is 42.6 Å². The molecule has 0 saturated carbocycles. The summed E-state index contributed by atoms with van der Waals surface area (Å²) in [7, 11) is 4.83. The van der Waals surface area contributed by atoms with Crippen molar-refractivity contribution >= 4 is 23.1 Å². The number of ether oxygens (including phenoxy) is 3. The summed E-state index contributed by atoms with van der Waals surface area (Å²) >= 11 is 0. The molecule has 4 nitrogen and oxygen atoms in total. The van der Waals surface area contributed by atoms with E-state index in [1.807, 2.05) is 36.5 Å². The zero-order valence-electron chi connectivity index (χ0n) is 13.4. The van der Waals surface area contributed by atoms with E-state index < -0.39 is 0 Å². The zero-order chi connectivity index (χ0) is 16.2. The van der Waals surface area contributed by atoms with E-state index in [0.717, 1.165) is 16.6 Å². The molecule has 0 aliphatic heterocycles. The Morgan fingerprint density at radius 3 is 2.22 bits per heavy atom. The van der Waals surface area contributed by atoms with Gasteiger partial charge in [-0.05, 0) is 29.3 Å². The number of para-hydroxylation sites is 1. The van der Waals surface area contributed by atoms with Gasteiger partial charge >= 0.3 is 0 Å². The van der Waals surface area contributed by atoms with Gasteiger partial charge in [-0.3, -0.25) is 0 Å². The van der Waals surface area contributed by atoms with Gasteiger partial charge in [-0.1, -0.05) is 30.4 Å². The number of fused-ring (bicyclic) bond motifs is 1. The molecule has 3 rings (SSSR count). The first-order chi connectivity index (χ1) is 11.3. The Morgan fingerprint density at radius 2 is 1.57 bits per heavy atom. The first kappa shape index (κ1) is 15.0. The molecule has 1 aromatic heterocycles. The van der Waals surface area contributed by atoms with Gasteiger partial charge in [0.25, 0.3) is 0 Å². The zero-order valence-corrected chi connectivity index (χ0v) is 13.4. The van der Waals surface area contributed by atoms with Crippen molar-refractivity contribution in [2.24, 2.45) is 0 Å². The molecule has 4 heteroatoms. The lowest BCUT2D eigenvalue weighted by molar-refractivity contribution is 0.324. The van der Waals surface area contributed by atoms with Crippen LogP contribution >= 0.6 is 0 Å². The average molecular weight is 309 g/mol. The monoisotopic (exact) mass is 309 g/mol. The van der Waals surface area contributed by atoms with Gasteiger partial charge < -0.3 is 19.2 Å². The average Bonchev–Trinajstić information content (AvgIpc) is 3.02. The fourth-order valence-corrected chi connectivity index (χ4v) is 2.62. The largest absolute Gasteiger partial charge is 0.493 e. The lowest BCUT2D eigenvalue weighted by Gasteiger charge is -2.12. The second kappa shape index (κ2) is 6.48. The van der Waals surface area contributed by atoms with Gasteiger partial charge in [0.05, 0.1) is 21.3 Å². The molecule has 0 saturated heterocycles. The van der Waals surface area contributed by atoms with Crippen molar-refractivity contribution < 1.29 is 14.2 Å². The smallest absolute Gasteiger partial charge is 0.203 e. The van der Waals surface area contributed by atoms with E-state index in [1.165, 1.54) is 5.39 Å². The summed E-state index contributed by atoms with van der Waals surface area (Å²) < 4.78 is 16.1. The number of nitrogens with one attached hydrogen (secondary N) is 1. The lowest BCUT2D eigenvalue weighted by Crippen LogP contribution is -1.95. The summed E-state index contributed by atoms with van der Waals surface area (Å²) in [5, 5.41) is 1.19. The molecule has 0 aliphatic carbocycles. The molecule has 0 bridgehead atoms. The third-order valence-electron chi connectivity index (χ3n) is 3.76. The van der Waals surface area contributed by atoms with E-state index in [0.29, 0.717) is 17.2 Å². The number of rotatable bonds is 5. The highest BCUT2D eigenvalue weighted by Crippen LogP contribution is 2.38. The lowest BCUT2D eigenvalue weighted by atomic mass is 10.1. The van der Waals surface area contributed by atoms with Crippen LogP contribution in [-0.2, 0) is 0 Å². The van der Waals surface area contributed by atoms with Gasteiger partial charge in [0.1, 0.15) is 0 Å². The molecule has 0 amide bonds. The van der Waals surface area contributed by atoms with Crippen LogP contribution in [0, 0.1) is 0 Å². The number of H-pyrrole nitrogens is 1. The van der Waals surface area contributed by atoms with E-state index >= 15 is 0 Å². The molecule has 1 N–H and O–H groups in total. The summed E-state index contributed by atoms with van der Waals surface area (Å²) in [6.07, 6.45) is 6.10. The molecule has 2 aromatic carbocycles. The first-order valence-electron chi connectivity index (χ1n) is 7.31. The molecule has 118 valence electrons. The predicted octanol–water partition coefficient (Wildman–Crippen LogP) is 4.36. The van der Waals surface area contributed by atoms with Crippen molar-refractivity contribution in [1.29, 1.82) is 0 Å². The number of benzene rings is 2. The molecule has 1 heterocycles. The molecule has 3 aromatic rings. The third-order valence-corrected chi connectivity index (χ3v) is 3.76. The van der Waals surface area contributed by atoms with Crippen molar-refractivity contribution in [2.45, 2.75) is 0 Å². The molecule has 0 fully saturated rings. The fourth-order valence-electron chi connectivity index (χ4n) is 2.62. The number of methoxy groups -OCH3 is 3. The Labute approximate surface area is 135 Å². The van der Waals surface area contributed by atoms with Crippen LogP contribution in [0.5, 0.6) is 17.2 Å². The Kier molecular flexibility index (Phi) is 4.24. The fraction of sp³-hybridized carbons (Fsp3) is 0.158. The van der Waals surface area contributed by atoms with Crippen molar-refractivity contribution in [1.82, 2.24) is 4.98 Å². The SMILES string of the molecule is COc1cc(/C=C/c2c[nH]c3ccccc23)cc(OC)c1OC. The van der Waals surface area contributed by atoms with Gasteiger partial charge in [0.15, 0.2) is 11.5 Å². The summed E-state index contributed by atoms with van der Waals surface area (Å²) in [5.74, 6) is 1.88. The van der Waals surface area contributed by atoms with Gasteiger partial charge in [0, 0.05) is 17.1 Å². The molecule has 0 spiro atoms. The van der Waals surface area contributed by atoms with Crippen molar-refractivity contribution in [3.05, 3.63) is 53.7 Å². The third kappa shape index (κ3) is 2.88. The second-order valence-corrected chi connectivity index (χ2v) is 5.08. The summed E-state index contributed by atoms with van der Waals surface area (Å²) in [6.45, 7) is 0. The molecule has 23 heavy (non-hydrogen) atoms. The standard InChI is InChI=1S/C19H19NO3/c1-21-17-10-13(11-18(22-2)19(17)23-3)8-9-14-12-20-16-7-5-4-6-15(14)16/h4-12,20H,1-3H3/b9-8+. The number of hydrogen-bond acceptors (Lipinski definition) is 3. The molecule has 0 unspecified atom stereocenters. The van der Waals surface area contributed by atoms with Crippen LogP contribution in [0.4, 0.5) is 0 Å². The van der Waals surface area contributed by atoms with Gasteiger partial charge in [0.2, 0.25) is 5.75 Å². The van der Waals surface area contributed by atoms with E-state index in [4.69, 9.17) is 14.2 Å². The van der Waals surface area contributed by atoms with Crippen LogP contribution in [-0.4, -0.2) is 26.3 Å². The van der Waals surface area contributed by atoms with Crippen molar-refractivity contribution in [2.75, 3.05) is 21.3 Å². The highest BCUT2D eigenvalue weighted by atomic mass is 16.5. The molecule has 0 aliphatic rings. The maximum atomic E-state index is 5.38. The molecular formula is C19H19NO3. The molecule has 0 radical (unpaired) electrons. The quantitative estimate of drug-likeness (QED) is 0.761. The Morgan fingerprint density at radius 1 is 0.870 bits per heavy atom. The number of aromatic amines is 1. The van der Waals surface area contributed by atoms with Crippen LogP contribution in [0.25, 0.3) is 23.1 Å². The van der Waals surface area contributed by atoms with Gasteiger partial charge in [-0.15, -0.1) is 0 Å². The summed E-state index contributed by atoms with van der Waals surface area (Å²) in [4.78, 5) is 3.27. The van der Waals surface area contributed by atoms with E-state index in [1.54, 1.807) is 21.3 Å². The van der Waals surface area contributed by atoms with Crippen LogP contribution < -0.4 is 14.2 Å². The van der Waals surface area contributed by atoms with Crippen molar-refractivity contribution in [3.63, 3.8) is 0 Å². The molecular weight excluding hydrogens is 290 g/mol. The highest BCUT2D eigenvalue weighted by molar-refractivity contribution is 5.91. The van der Waals surface area contributed by atoms with Crippen LogP contribution in [0.3, 0.4) is 0 Å². The summed E-state index contributed by atoms with van der Waals surface area (Å²) in [6, 6.07) is 12.1. The van der Waals surface area contributed by atoms with Crippen LogP contribution in [0.1, 0.15) is 11.1 Å². The maximum absolute atomic E-state index is 5.38. The van der Waals surface area contributed by atoms with E-state index in [9.17, 15) is 0 Å². The minimum Gasteiger partial charge on any atom is -0.493 e. The Bertz CT molecular complexity index is 824. The minimum atomic E-state index is 0.597. The minimum absolute atomic E-state index is 0.597. The van der Waals surface area contributed by atoms with Crippen LogP contribution in [0.2, 0.25) is 0 Å². The summed E-state index contributed by atoms with van der Waals surface area (Å²) in [5.41, 5.74) is 3.23. The maximum Gasteiger partial charge on any atom is 0.203 e. The Hall–Kier alpha value is -2.88. The second-order valence-electron chi connectivity index (χ2n) is 5.08. The first-order valence-corrected chi connectivity index (χ1v) is 7.31. The number of aromatic nitrogens is 1. The Balaban J connectivity index is 1.99. The topological polar surface area (TPSA) is 43.5 Å². The normalized spacial score (nSPS) is 11.1.